The van der Waals surface area contributed by atoms with Crippen molar-refractivity contribution >= 4 is 12.3 Å². The van der Waals surface area contributed by atoms with Crippen molar-refractivity contribution in [2.75, 3.05) is 26.2 Å². The molecule has 42 heavy (non-hydrogen) atoms. The molecule has 3 nitrogen and oxygen atoms in total. The van der Waals surface area contributed by atoms with E-state index in [0.717, 1.165) is 37.5 Å². The Morgan fingerprint density at radius 3 is 2.17 bits per heavy atom. The minimum absolute atomic E-state index is 0.0821. The van der Waals surface area contributed by atoms with E-state index in [1.165, 1.54) is 29.5 Å². The van der Waals surface area contributed by atoms with Crippen LogP contribution in [0.4, 0.5) is 26.3 Å². The maximum Gasteiger partial charge on any atom is 0.416 e. The largest absolute Gasteiger partial charge is 0.416 e. The molecule has 226 valence electrons. The van der Waals surface area contributed by atoms with Gasteiger partial charge in [0.15, 0.2) is 0 Å². The Hall–Kier alpha value is -3.07. The van der Waals surface area contributed by atoms with Gasteiger partial charge < -0.3 is 4.90 Å². The van der Waals surface area contributed by atoms with E-state index in [1.807, 2.05) is 25.3 Å². The Morgan fingerprint density at radius 1 is 0.881 bits per heavy atom. The van der Waals surface area contributed by atoms with Crippen LogP contribution < -0.4 is 0 Å². The average Bonchev–Trinajstić information content (AvgIpc) is 3.74. The first kappa shape index (κ1) is 30.4. The quantitative estimate of drug-likeness (QED) is 0.174. The number of hydrogen-bond acceptors (Lipinski definition) is 3. The summed E-state index contributed by atoms with van der Waals surface area (Å²) in [5.74, 6) is 1.09. The summed E-state index contributed by atoms with van der Waals surface area (Å²) in [4.78, 5) is 9.02. The summed E-state index contributed by atoms with van der Waals surface area (Å²) in [6.07, 6.45) is 3.05. The van der Waals surface area contributed by atoms with Crippen LogP contribution in [0.3, 0.4) is 0 Å². The first-order chi connectivity index (χ1) is 19.9. The van der Waals surface area contributed by atoms with Crippen LogP contribution in [-0.4, -0.2) is 48.2 Å². The van der Waals surface area contributed by atoms with Crippen molar-refractivity contribution in [3.63, 3.8) is 0 Å². The molecule has 2 heterocycles. The Morgan fingerprint density at radius 2 is 1.57 bits per heavy atom. The van der Waals surface area contributed by atoms with Gasteiger partial charge in [0, 0.05) is 31.9 Å². The minimum Gasteiger partial charge on any atom is -0.357 e. The molecule has 2 saturated heterocycles. The number of alkyl halides is 6. The highest BCUT2D eigenvalue weighted by molar-refractivity contribution is 5.62. The molecule has 1 saturated carbocycles. The smallest absolute Gasteiger partial charge is 0.357 e. The van der Waals surface area contributed by atoms with Gasteiger partial charge in [0.05, 0.1) is 11.1 Å². The summed E-state index contributed by atoms with van der Waals surface area (Å²) in [5.41, 5.74) is 1.36. The van der Waals surface area contributed by atoms with Gasteiger partial charge in [0.1, 0.15) is 5.82 Å². The highest BCUT2D eigenvalue weighted by Crippen LogP contribution is 2.42. The van der Waals surface area contributed by atoms with E-state index in [-0.39, 0.29) is 17.7 Å². The van der Waals surface area contributed by atoms with Gasteiger partial charge in [-0.1, -0.05) is 30.4 Å². The lowest BCUT2D eigenvalue weighted by atomic mass is 9.83. The van der Waals surface area contributed by atoms with E-state index < -0.39 is 29.4 Å². The fourth-order valence-corrected chi connectivity index (χ4v) is 5.87. The van der Waals surface area contributed by atoms with Crippen LogP contribution in [-0.2, 0) is 12.4 Å². The standard InChI is InChI=1S/C33H37F6N3/c1-22-9-10-26(24-11-12-24)18-25(22)6-3-8-31(42-15-5-16-42)40-13-17-41-14-4-7-30(23(41)2)27-19-28(32(34,35)36)21-29(20-27)33(37,38)39/h3,6,8-10,13,18-21,23-24,30H,4-5,7,11-12,14-17H2,1-2H3/b6-3+,31-8+,40-13?. The molecule has 5 rings (SSSR count). The molecule has 0 spiro atoms. The van der Waals surface area contributed by atoms with Crippen molar-refractivity contribution in [2.45, 2.75) is 76.2 Å². The number of hydrogen-bond donors (Lipinski definition) is 0. The lowest BCUT2D eigenvalue weighted by Crippen LogP contribution is -2.43. The molecule has 0 bridgehead atoms. The zero-order valence-corrected chi connectivity index (χ0v) is 24.0. The lowest BCUT2D eigenvalue weighted by molar-refractivity contribution is -0.143. The highest BCUT2D eigenvalue weighted by atomic mass is 19.4. The van der Waals surface area contributed by atoms with Crippen LogP contribution in [0.5, 0.6) is 0 Å². The average molecular weight is 590 g/mol. The van der Waals surface area contributed by atoms with Gasteiger partial charge in [0.2, 0.25) is 0 Å². The van der Waals surface area contributed by atoms with Crippen molar-refractivity contribution in [2.24, 2.45) is 4.99 Å². The van der Waals surface area contributed by atoms with Gasteiger partial charge in [-0.3, -0.25) is 4.90 Å². The molecule has 0 radical (unpaired) electrons. The van der Waals surface area contributed by atoms with Crippen molar-refractivity contribution in [3.05, 3.63) is 87.8 Å². The van der Waals surface area contributed by atoms with E-state index in [0.29, 0.717) is 31.8 Å². The van der Waals surface area contributed by atoms with Crippen LogP contribution in [0.15, 0.2) is 59.4 Å². The summed E-state index contributed by atoms with van der Waals surface area (Å²) in [5, 5.41) is 0. The molecule has 2 atom stereocenters. The second-order valence-corrected chi connectivity index (χ2v) is 11.8. The molecule has 1 aliphatic carbocycles. The summed E-state index contributed by atoms with van der Waals surface area (Å²) >= 11 is 0. The maximum atomic E-state index is 13.5. The summed E-state index contributed by atoms with van der Waals surface area (Å²) in [6, 6.07) is 8.37. The van der Waals surface area contributed by atoms with E-state index in [2.05, 4.69) is 41.0 Å². The second kappa shape index (κ2) is 12.3. The molecular weight excluding hydrogens is 552 g/mol. The topological polar surface area (TPSA) is 18.8 Å². The van der Waals surface area contributed by atoms with Gasteiger partial charge in [-0.05, 0) is 111 Å². The second-order valence-electron chi connectivity index (χ2n) is 11.8. The summed E-state index contributed by atoms with van der Waals surface area (Å²) < 4.78 is 80.8. The number of nitrogens with zero attached hydrogens (tertiary/aromatic N) is 3. The van der Waals surface area contributed by atoms with E-state index in [9.17, 15) is 26.3 Å². The third kappa shape index (κ3) is 7.28. The van der Waals surface area contributed by atoms with E-state index in [1.54, 1.807) is 0 Å². The number of likely N-dealkylation sites (tertiary alicyclic amines) is 2. The van der Waals surface area contributed by atoms with Crippen molar-refractivity contribution in [1.29, 1.82) is 0 Å². The predicted molar refractivity (Wildman–Crippen MR) is 154 cm³/mol. The fraction of sp³-hybridized carbons (Fsp3) is 0.485. The molecule has 9 heteroatoms. The monoisotopic (exact) mass is 589 g/mol. The molecule has 3 fully saturated rings. The zero-order valence-electron chi connectivity index (χ0n) is 24.0. The highest BCUT2D eigenvalue weighted by Gasteiger charge is 2.39. The van der Waals surface area contributed by atoms with Crippen molar-refractivity contribution in [3.8, 4) is 0 Å². The van der Waals surface area contributed by atoms with Crippen molar-refractivity contribution in [1.82, 2.24) is 9.80 Å². The van der Waals surface area contributed by atoms with E-state index >= 15 is 0 Å². The van der Waals surface area contributed by atoms with Crippen LogP contribution in [0, 0.1) is 6.92 Å². The lowest BCUT2D eigenvalue weighted by Gasteiger charge is -2.39. The molecule has 2 unspecified atom stereocenters. The third-order valence-corrected chi connectivity index (χ3v) is 8.75. The molecule has 2 aromatic rings. The number of halogens is 6. The van der Waals surface area contributed by atoms with E-state index in [4.69, 9.17) is 4.99 Å². The van der Waals surface area contributed by atoms with Gasteiger partial charge in [-0.2, -0.15) is 26.3 Å². The fourth-order valence-electron chi connectivity index (χ4n) is 5.87. The number of aliphatic imine (C=N–C) groups is 1. The van der Waals surface area contributed by atoms with Gasteiger partial charge in [-0.15, -0.1) is 0 Å². The number of aryl methyl sites for hydroxylation is 1. The molecular formula is C33H37F6N3. The Bertz CT molecular complexity index is 1320. The van der Waals surface area contributed by atoms with Gasteiger partial charge >= 0.3 is 12.4 Å². The predicted octanol–water partition coefficient (Wildman–Crippen LogP) is 8.81. The first-order valence-corrected chi connectivity index (χ1v) is 14.7. The molecule has 2 aromatic carbocycles. The summed E-state index contributed by atoms with van der Waals surface area (Å²) in [7, 11) is 0. The Labute approximate surface area is 243 Å². The molecule has 0 amide bonds. The molecule has 2 aliphatic heterocycles. The molecule has 0 N–H and O–H groups in total. The third-order valence-electron chi connectivity index (χ3n) is 8.75. The maximum absolute atomic E-state index is 13.5. The van der Waals surface area contributed by atoms with Crippen LogP contribution in [0.2, 0.25) is 0 Å². The normalized spacial score (nSPS) is 22.8. The number of allylic oxidation sites excluding steroid dienone is 2. The van der Waals surface area contributed by atoms with Gasteiger partial charge in [-0.25, -0.2) is 4.99 Å². The zero-order chi connectivity index (χ0) is 30.1. The Balaban J connectivity index is 1.29. The number of benzene rings is 2. The van der Waals surface area contributed by atoms with Gasteiger partial charge in [0.25, 0.3) is 0 Å². The molecule has 3 aliphatic rings. The SMILES string of the molecule is Cc1ccc(C2CC2)cc1/C=C/C=C(\N=CCN1CCCC(c2cc(C(F)(F)F)cc(C(F)(F)F)c2)C1C)N1CCC1. The van der Waals surface area contributed by atoms with Crippen LogP contribution >= 0.6 is 0 Å². The first-order valence-electron chi connectivity index (χ1n) is 14.7. The van der Waals surface area contributed by atoms with Crippen molar-refractivity contribution < 1.29 is 26.3 Å². The number of rotatable bonds is 8. The van der Waals surface area contributed by atoms with Crippen LogP contribution in [0.1, 0.15) is 84.2 Å². The Kier molecular flexibility index (Phi) is 8.88. The molecule has 0 aromatic heterocycles. The number of piperidine rings is 1. The minimum atomic E-state index is -4.85. The van der Waals surface area contributed by atoms with Crippen LogP contribution in [0.25, 0.3) is 6.08 Å². The summed E-state index contributed by atoms with van der Waals surface area (Å²) in [6.45, 7) is 6.98.